The molecule has 17 heteroatoms. The number of carbonyl (C=O) groups excluding carboxylic acids is 4. The zero-order valence-electron chi connectivity index (χ0n) is 26.4. The van der Waals surface area contributed by atoms with Crippen LogP contribution in [0.15, 0.2) is 36.5 Å². The standard InChI is InChI=1S/C32H34ClF4N7O5/c1-41-23(21-4-5-24(49-31(36)37)27(35)26(21)34)15-39-28(41)29(47)40-19-2-3-20(22(33)14-19)30(48)44-12-10-43(11-13-44)17-32(18-45)6-8-42(9-7-32)16-25(38)46/h2-5,14-15,18,31H,6-13,16-17H2,1H3,(H2,38,46)(H,40,47). The predicted octanol–water partition coefficient (Wildman–Crippen LogP) is 3.40. The number of nitrogens with two attached hydrogens (primary N) is 1. The second kappa shape index (κ2) is 14.9. The van der Waals surface area contributed by atoms with Crippen molar-refractivity contribution < 1.29 is 41.5 Å². The molecule has 3 amide bonds. The normalized spacial score (nSPS) is 16.8. The molecule has 2 aromatic carbocycles. The molecule has 3 aromatic rings. The van der Waals surface area contributed by atoms with Crippen LogP contribution in [0.4, 0.5) is 23.2 Å². The summed E-state index contributed by atoms with van der Waals surface area (Å²) in [4.78, 5) is 59.5. The predicted molar refractivity (Wildman–Crippen MR) is 170 cm³/mol. The van der Waals surface area contributed by atoms with Crippen molar-refractivity contribution in [3.63, 3.8) is 0 Å². The quantitative estimate of drug-likeness (QED) is 0.228. The highest BCUT2D eigenvalue weighted by Crippen LogP contribution is 2.33. The van der Waals surface area contributed by atoms with Crippen molar-refractivity contribution in [3.05, 3.63) is 64.6 Å². The minimum atomic E-state index is -3.34. The molecule has 3 heterocycles. The van der Waals surface area contributed by atoms with Gasteiger partial charge >= 0.3 is 6.61 Å². The van der Waals surface area contributed by atoms with Crippen LogP contribution >= 0.6 is 11.6 Å². The number of aldehydes is 1. The van der Waals surface area contributed by atoms with Gasteiger partial charge in [-0.3, -0.25) is 24.2 Å². The summed E-state index contributed by atoms with van der Waals surface area (Å²) in [5, 5.41) is 2.70. The molecule has 3 N–H and O–H groups in total. The first-order chi connectivity index (χ1) is 23.3. The molecule has 0 spiro atoms. The van der Waals surface area contributed by atoms with E-state index in [0.29, 0.717) is 58.7 Å². The van der Waals surface area contributed by atoms with Crippen LogP contribution in [0, 0.1) is 17.0 Å². The second-order valence-corrected chi connectivity index (χ2v) is 12.5. The SMILES string of the molecule is Cn1c(-c2ccc(OC(F)F)c(F)c2F)cnc1C(=O)Nc1ccc(C(=O)N2CCN(CC3(C=O)CCN(CC(N)=O)CC3)CC2)c(Cl)c1. The Morgan fingerprint density at radius 1 is 1.04 bits per heavy atom. The third-order valence-electron chi connectivity index (χ3n) is 8.87. The Morgan fingerprint density at radius 3 is 2.35 bits per heavy atom. The number of halogens is 5. The number of nitrogens with one attached hydrogen (secondary N) is 1. The average Bonchev–Trinajstić information content (AvgIpc) is 3.45. The molecule has 2 aliphatic rings. The van der Waals surface area contributed by atoms with Gasteiger partial charge in [-0.2, -0.15) is 13.2 Å². The van der Waals surface area contributed by atoms with E-state index in [4.69, 9.17) is 17.3 Å². The maximum Gasteiger partial charge on any atom is 0.387 e. The topological polar surface area (TPSA) is 143 Å². The monoisotopic (exact) mass is 707 g/mol. The molecule has 1 aromatic heterocycles. The molecule has 12 nitrogen and oxygen atoms in total. The lowest BCUT2D eigenvalue weighted by Crippen LogP contribution is -2.54. The molecule has 262 valence electrons. The molecule has 0 unspecified atom stereocenters. The van der Waals surface area contributed by atoms with Gasteiger partial charge in [-0.25, -0.2) is 9.37 Å². The maximum atomic E-state index is 14.7. The third-order valence-corrected chi connectivity index (χ3v) is 9.18. The summed E-state index contributed by atoms with van der Waals surface area (Å²) in [7, 11) is 1.39. The van der Waals surface area contributed by atoms with Gasteiger partial charge < -0.3 is 30.0 Å². The molecular formula is C32H34ClF4N7O5. The van der Waals surface area contributed by atoms with Crippen molar-refractivity contribution in [1.82, 2.24) is 24.3 Å². The van der Waals surface area contributed by atoms with Crippen LogP contribution in [0.25, 0.3) is 11.3 Å². The van der Waals surface area contributed by atoms with Crippen LogP contribution in [-0.4, -0.2) is 107 Å². The first kappa shape index (κ1) is 35.8. The number of hydrogen-bond donors (Lipinski definition) is 2. The minimum absolute atomic E-state index is 0.00358. The average molecular weight is 708 g/mol. The Morgan fingerprint density at radius 2 is 1.73 bits per heavy atom. The summed E-state index contributed by atoms with van der Waals surface area (Å²) in [5.41, 5.74) is 4.92. The van der Waals surface area contributed by atoms with E-state index < -0.39 is 41.2 Å². The van der Waals surface area contributed by atoms with E-state index in [1.54, 1.807) is 4.90 Å². The molecule has 49 heavy (non-hydrogen) atoms. The van der Waals surface area contributed by atoms with Gasteiger partial charge in [0.1, 0.15) is 6.29 Å². The van der Waals surface area contributed by atoms with Crippen LogP contribution in [-0.2, 0) is 16.6 Å². The summed E-state index contributed by atoms with van der Waals surface area (Å²) < 4.78 is 59.1. The number of likely N-dealkylation sites (tertiary alicyclic amines) is 1. The fourth-order valence-electron chi connectivity index (χ4n) is 6.16. The smallest absolute Gasteiger partial charge is 0.387 e. The molecule has 0 aliphatic carbocycles. The number of alkyl halides is 2. The van der Waals surface area contributed by atoms with E-state index in [2.05, 4.69) is 19.9 Å². The van der Waals surface area contributed by atoms with E-state index in [-0.39, 0.29) is 45.8 Å². The molecule has 5 rings (SSSR count). The van der Waals surface area contributed by atoms with Crippen molar-refractivity contribution in [1.29, 1.82) is 0 Å². The van der Waals surface area contributed by atoms with Gasteiger partial charge in [0.05, 0.1) is 29.0 Å². The Bertz CT molecular complexity index is 1740. The fraction of sp³-hybridized carbons (Fsp3) is 0.406. The number of benzene rings is 2. The lowest BCUT2D eigenvalue weighted by atomic mass is 9.79. The number of aromatic nitrogens is 2. The van der Waals surface area contributed by atoms with Gasteiger partial charge in [0, 0.05) is 56.4 Å². The number of amides is 3. The minimum Gasteiger partial charge on any atom is -0.432 e. The van der Waals surface area contributed by atoms with Gasteiger partial charge in [-0.05, 0) is 56.3 Å². The summed E-state index contributed by atoms with van der Waals surface area (Å²) in [6, 6.07) is 6.26. The maximum absolute atomic E-state index is 14.7. The van der Waals surface area contributed by atoms with E-state index in [0.717, 1.165) is 24.6 Å². The van der Waals surface area contributed by atoms with Crippen molar-refractivity contribution in [2.75, 3.05) is 57.7 Å². The van der Waals surface area contributed by atoms with Crippen LogP contribution < -0.4 is 15.8 Å². The van der Waals surface area contributed by atoms with Crippen LogP contribution in [0.1, 0.15) is 33.8 Å². The van der Waals surface area contributed by atoms with Crippen LogP contribution in [0.3, 0.4) is 0 Å². The number of nitrogens with zero attached hydrogens (tertiary/aromatic N) is 5. The van der Waals surface area contributed by atoms with E-state index in [1.807, 2.05) is 4.90 Å². The molecule has 0 bridgehead atoms. The Labute approximate surface area is 283 Å². The zero-order valence-corrected chi connectivity index (χ0v) is 27.2. The third kappa shape index (κ3) is 8.03. The highest BCUT2D eigenvalue weighted by Gasteiger charge is 2.37. The van der Waals surface area contributed by atoms with Crippen molar-refractivity contribution in [3.8, 4) is 17.0 Å². The zero-order chi connectivity index (χ0) is 35.5. The van der Waals surface area contributed by atoms with Gasteiger partial charge in [-0.15, -0.1) is 0 Å². The number of carbonyl (C=O) groups is 4. The molecule has 0 saturated carbocycles. The summed E-state index contributed by atoms with van der Waals surface area (Å²) in [6.45, 7) is 0.572. The molecular weight excluding hydrogens is 674 g/mol. The van der Waals surface area contributed by atoms with E-state index in [9.17, 15) is 36.7 Å². The van der Waals surface area contributed by atoms with Gasteiger partial charge in [0.2, 0.25) is 11.7 Å². The highest BCUT2D eigenvalue weighted by molar-refractivity contribution is 6.34. The first-order valence-corrected chi connectivity index (χ1v) is 15.7. The Hall–Kier alpha value is -4.54. The Kier molecular flexibility index (Phi) is 10.9. The number of primary amides is 1. The molecule has 0 radical (unpaired) electrons. The Balaban J connectivity index is 1.18. The van der Waals surface area contributed by atoms with E-state index in [1.165, 1.54) is 29.8 Å². The second-order valence-electron chi connectivity index (χ2n) is 12.1. The number of anilines is 1. The van der Waals surface area contributed by atoms with Crippen molar-refractivity contribution >= 4 is 41.3 Å². The van der Waals surface area contributed by atoms with Gasteiger partial charge in [-0.1, -0.05) is 11.6 Å². The number of piperazine rings is 1. The number of hydrogen-bond acceptors (Lipinski definition) is 8. The largest absolute Gasteiger partial charge is 0.432 e. The lowest BCUT2D eigenvalue weighted by Gasteiger charge is -2.43. The number of piperidine rings is 1. The fourth-order valence-corrected chi connectivity index (χ4v) is 6.42. The summed E-state index contributed by atoms with van der Waals surface area (Å²) in [5.74, 6) is -5.61. The highest BCUT2D eigenvalue weighted by atomic mass is 35.5. The van der Waals surface area contributed by atoms with Crippen LogP contribution in [0.5, 0.6) is 5.75 Å². The summed E-state index contributed by atoms with van der Waals surface area (Å²) in [6.07, 6.45) is 3.38. The first-order valence-electron chi connectivity index (χ1n) is 15.3. The number of ether oxygens (including phenoxy) is 1. The van der Waals surface area contributed by atoms with Gasteiger partial charge in [0.25, 0.3) is 11.8 Å². The van der Waals surface area contributed by atoms with E-state index >= 15 is 0 Å². The number of imidazole rings is 1. The van der Waals surface area contributed by atoms with Crippen LogP contribution in [0.2, 0.25) is 5.02 Å². The summed E-state index contributed by atoms with van der Waals surface area (Å²) >= 11 is 6.47. The van der Waals surface area contributed by atoms with Crippen molar-refractivity contribution in [2.24, 2.45) is 18.2 Å². The molecule has 2 saturated heterocycles. The molecule has 2 aliphatic heterocycles. The van der Waals surface area contributed by atoms with Crippen molar-refractivity contribution in [2.45, 2.75) is 19.5 Å². The molecule has 0 atom stereocenters. The lowest BCUT2D eigenvalue weighted by molar-refractivity contribution is -0.122. The molecule has 2 fully saturated rings. The van der Waals surface area contributed by atoms with Gasteiger partial charge in [0.15, 0.2) is 17.4 Å². The number of rotatable bonds is 11.